The van der Waals surface area contributed by atoms with Gasteiger partial charge in [-0.05, 0) is 55.6 Å². The second-order valence-electron chi connectivity index (χ2n) is 5.84. The fourth-order valence-electron chi connectivity index (χ4n) is 2.64. The van der Waals surface area contributed by atoms with Crippen LogP contribution in [0.25, 0.3) is 0 Å². The summed E-state index contributed by atoms with van der Waals surface area (Å²) < 4.78 is 0. The van der Waals surface area contributed by atoms with Crippen molar-refractivity contribution in [2.45, 2.75) is 0 Å². The van der Waals surface area contributed by atoms with Crippen LogP contribution in [0.15, 0.2) is 48.5 Å². The predicted octanol–water partition coefficient (Wildman–Crippen LogP) is 2.40. The Kier molecular flexibility index (Phi) is 4.48. The van der Waals surface area contributed by atoms with E-state index >= 15 is 0 Å². The summed E-state index contributed by atoms with van der Waals surface area (Å²) in [7, 11) is 2.13. The minimum atomic E-state index is -0.152. The Labute approximate surface area is 136 Å². The van der Waals surface area contributed by atoms with Crippen LogP contribution >= 0.6 is 0 Å². The first-order valence-electron chi connectivity index (χ1n) is 7.76. The van der Waals surface area contributed by atoms with Gasteiger partial charge in [0.2, 0.25) is 0 Å². The van der Waals surface area contributed by atoms with Crippen molar-refractivity contribution in [1.29, 1.82) is 0 Å². The Morgan fingerprint density at radius 1 is 0.957 bits per heavy atom. The maximum atomic E-state index is 12.2. The van der Waals surface area contributed by atoms with Gasteiger partial charge in [0.25, 0.3) is 5.91 Å². The van der Waals surface area contributed by atoms with Gasteiger partial charge in [0.1, 0.15) is 5.75 Å². The maximum absolute atomic E-state index is 12.2. The van der Waals surface area contributed by atoms with Gasteiger partial charge < -0.3 is 20.2 Å². The van der Waals surface area contributed by atoms with Crippen molar-refractivity contribution in [2.75, 3.05) is 43.4 Å². The standard InChI is InChI=1S/C18H21N3O2/c1-20-10-12-21(13-11-20)16-6-2-14(3-7-16)18(23)19-15-4-8-17(22)9-5-15/h2-9,22H,10-13H2,1H3,(H,19,23). The van der Waals surface area contributed by atoms with Crippen LogP contribution in [0.1, 0.15) is 10.4 Å². The van der Waals surface area contributed by atoms with E-state index in [-0.39, 0.29) is 11.7 Å². The number of carbonyl (C=O) groups is 1. The molecule has 1 aliphatic rings. The van der Waals surface area contributed by atoms with E-state index in [0.717, 1.165) is 31.9 Å². The quantitative estimate of drug-likeness (QED) is 0.855. The van der Waals surface area contributed by atoms with Gasteiger partial charge in [-0.15, -0.1) is 0 Å². The molecule has 0 saturated carbocycles. The third-order valence-corrected chi connectivity index (χ3v) is 4.12. The molecule has 0 radical (unpaired) electrons. The van der Waals surface area contributed by atoms with Gasteiger partial charge >= 0.3 is 0 Å². The molecule has 5 nitrogen and oxygen atoms in total. The lowest BCUT2D eigenvalue weighted by molar-refractivity contribution is 0.102. The van der Waals surface area contributed by atoms with Crippen LogP contribution in [-0.2, 0) is 0 Å². The first-order chi connectivity index (χ1) is 11.1. The summed E-state index contributed by atoms with van der Waals surface area (Å²) in [5.74, 6) is 0.0279. The highest BCUT2D eigenvalue weighted by Gasteiger charge is 2.14. The van der Waals surface area contributed by atoms with Crippen LogP contribution in [0.3, 0.4) is 0 Å². The van der Waals surface area contributed by atoms with Gasteiger partial charge in [-0.1, -0.05) is 0 Å². The number of carbonyl (C=O) groups excluding carboxylic acids is 1. The number of benzene rings is 2. The number of rotatable bonds is 3. The number of amides is 1. The van der Waals surface area contributed by atoms with Gasteiger partial charge in [-0.3, -0.25) is 4.79 Å². The largest absolute Gasteiger partial charge is 0.508 e. The molecule has 120 valence electrons. The monoisotopic (exact) mass is 311 g/mol. The number of anilines is 2. The smallest absolute Gasteiger partial charge is 0.255 e. The molecule has 0 bridgehead atoms. The van der Waals surface area contributed by atoms with Crippen molar-refractivity contribution in [1.82, 2.24) is 4.90 Å². The molecule has 0 aromatic heterocycles. The zero-order chi connectivity index (χ0) is 16.2. The summed E-state index contributed by atoms with van der Waals surface area (Å²) in [6, 6.07) is 14.1. The van der Waals surface area contributed by atoms with Crippen LogP contribution in [0.4, 0.5) is 11.4 Å². The highest BCUT2D eigenvalue weighted by molar-refractivity contribution is 6.04. The van der Waals surface area contributed by atoms with Crippen molar-refractivity contribution in [3.63, 3.8) is 0 Å². The average molecular weight is 311 g/mol. The number of phenolic OH excluding ortho intramolecular Hbond substituents is 1. The minimum absolute atomic E-state index is 0.152. The van der Waals surface area contributed by atoms with Gasteiger partial charge in [-0.25, -0.2) is 0 Å². The Morgan fingerprint density at radius 3 is 2.17 bits per heavy atom. The second-order valence-corrected chi connectivity index (χ2v) is 5.84. The number of piperazine rings is 1. The van der Waals surface area contributed by atoms with Crippen molar-refractivity contribution < 1.29 is 9.90 Å². The molecule has 0 aliphatic carbocycles. The molecule has 1 amide bonds. The fourth-order valence-corrected chi connectivity index (χ4v) is 2.64. The lowest BCUT2D eigenvalue weighted by atomic mass is 10.1. The Morgan fingerprint density at radius 2 is 1.57 bits per heavy atom. The van der Waals surface area contributed by atoms with Gasteiger partial charge in [-0.2, -0.15) is 0 Å². The highest BCUT2D eigenvalue weighted by atomic mass is 16.3. The predicted molar refractivity (Wildman–Crippen MR) is 92.2 cm³/mol. The van der Waals surface area contributed by atoms with Gasteiger partial charge in [0, 0.05) is 43.1 Å². The number of nitrogens with zero attached hydrogens (tertiary/aromatic N) is 2. The van der Waals surface area contributed by atoms with E-state index < -0.39 is 0 Å². The van der Waals surface area contributed by atoms with E-state index in [4.69, 9.17) is 0 Å². The first-order valence-corrected chi connectivity index (χ1v) is 7.76. The Hall–Kier alpha value is -2.53. The molecule has 2 aromatic carbocycles. The van der Waals surface area contributed by atoms with Crippen molar-refractivity contribution >= 4 is 17.3 Å². The fraction of sp³-hybridized carbons (Fsp3) is 0.278. The normalized spacial score (nSPS) is 15.4. The average Bonchev–Trinajstić information content (AvgIpc) is 2.58. The number of hydrogen-bond donors (Lipinski definition) is 2. The topological polar surface area (TPSA) is 55.8 Å². The number of phenols is 1. The van der Waals surface area contributed by atoms with Crippen LogP contribution in [0, 0.1) is 0 Å². The van der Waals surface area contributed by atoms with E-state index in [2.05, 4.69) is 22.2 Å². The number of likely N-dealkylation sites (N-methyl/N-ethyl adjacent to an activating group) is 1. The van der Waals surface area contributed by atoms with Crippen LogP contribution in [0.2, 0.25) is 0 Å². The third kappa shape index (κ3) is 3.81. The van der Waals surface area contributed by atoms with E-state index in [1.54, 1.807) is 24.3 Å². The summed E-state index contributed by atoms with van der Waals surface area (Å²) in [5.41, 5.74) is 2.44. The Balaban J connectivity index is 1.64. The molecular weight excluding hydrogens is 290 g/mol. The van der Waals surface area contributed by atoms with Crippen molar-refractivity contribution in [3.8, 4) is 5.75 Å². The van der Waals surface area contributed by atoms with Gasteiger partial charge in [0.05, 0.1) is 0 Å². The molecule has 0 atom stereocenters. The van der Waals surface area contributed by atoms with Gasteiger partial charge in [0.15, 0.2) is 0 Å². The zero-order valence-electron chi connectivity index (χ0n) is 13.2. The van der Waals surface area contributed by atoms with Crippen LogP contribution < -0.4 is 10.2 Å². The zero-order valence-corrected chi connectivity index (χ0v) is 13.2. The van der Waals surface area contributed by atoms with Crippen LogP contribution in [0.5, 0.6) is 5.75 Å². The Bertz CT molecular complexity index is 660. The maximum Gasteiger partial charge on any atom is 0.255 e. The summed E-state index contributed by atoms with van der Waals surface area (Å²) >= 11 is 0. The summed E-state index contributed by atoms with van der Waals surface area (Å²) in [4.78, 5) is 16.9. The third-order valence-electron chi connectivity index (χ3n) is 4.12. The molecule has 2 N–H and O–H groups in total. The number of nitrogens with one attached hydrogen (secondary N) is 1. The van der Waals surface area contributed by atoms with E-state index in [1.165, 1.54) is 0 Å². The molecule has 1 saturated heterocycles. The van der Waals surface area contributed by atoms with E-state index in [0.29, 0.717) is 11.3 Å². The van der Waals surface area contributed by atoms with Crippen LogP contribution in [-0.4, -0.2) is 49.1 Å². The van der Waals surface area contributed by atoms with E-state index in [9.17, 15) is 9.90 Å². The first kappa shape index (κ1) is 15.4. The minimum Gasteiger partial charge on any atom is -0.508 e. The summed E-state index contributed by atoms with van der Waals surface area (Å²) in [6.45, 7) is 4.14. The highest BCUT2D eigenvalue weighted by Crippen LogP contribution is 2.19. The molecule has 2 aromatic rings. The molecule has 1 fully saturated rings. The molecule has 3 rings (SSSR count). The second kappa shape index (κ2) is 6.71. The molecule has 0 unspecified atom stereocenters. The molecule has 1 heterocycles. The van der Waals surface area contributed by atoms with Crippen molar-refractivity contribution in [2.24, 2.45) is 0 Å². The molecule has 5 heteroatoms. The number of aromatic hydroxyl groups is 1. The lowest BCUT2D eigenvalue weighted by Crippen LogP contribution is -2.44. The van der Waals surface area contributed by atoms with Crippen molar-refractivity contribution in [3.05, 3.63) is 54.1 Å². The summed E-state index contributed by atoms with van der Waals surface area (Å²) in [5, 5.41) is 12.1. The molecular formula is C18H21N3O2. The lowest BCUT2D eigenvalue weighted by Gasteiger charge is -2.34. The SMILES string of the molecule is CN1CCN(c2ccc(C(=O)Nc3ccc(O)cc3)cc2)CC1. The van der Waals surface area contributed by atoms with E-state index in [1.807, 2.05) is 24.3 Å². The summed E-state index contributed by atoms with van der Waals surface area (Å²) in [6.07, 6.45) is 0. The molecule has 1 aliphatic heterocycles. The molecule has 0 spiro atoms. The number of hydrogen-bond acceptors (Lipinski definition) is 4. The molecule has 23 heavy (non-hydrogen) atoms.